The molecule has 0 atom stereocenters. The highest BCUT2D eigenvalue weighted by Gasteiger charge is 2.33. The minimum atomic E-state index is -0.754. The van der Waals surface area contributed by atoms with Crippen LogP contribution in [0.2, 0.25) is 0 Å². The Bertz CT molecular complexity index is 954. The molecule has 2 heterocycles. The molecule has 154 valence electrons. The molecule has 4 rings (SSSR count). The molecule has 2 aliphatic rings. The molecule has 7 heteroatoms. The molecule has 1 saturated heterocycles. The fourth-order valence-electron chi connectivity index (χ4n) is 4.71. The van der Waals surface area contributed by atoms with Gasteiger partial charge in [0.05, 0.1) is 23.1 Å². The van der Waals surface area contributed by atoms with E-state index in [1.165, 1.54) is 0 Å². The lowest BCUT2D eigenvalue weighted by atomic mass is 9.81. The Balaban J connectivity index is 1.32. The van der Waals surface area contributed by atoms with Crippen LogP contribution in [-0.2, 0) is 16.1 Å². The number of carbonyl (C=O) groups is 2. The lowest BCUT2D eigenvalue weighted by Crippen LogP contribution is -2.44. The van der Waals surface area contributed by atoms with E-state index in [4.69, 9.17) is 5.11 Å². The summed E-state index contributed by atoms with van der Waals surface area (Å²) in [5.41, 5.74) is 0.713. The molecule has 0 radical (unpaired) electrons. The monoisotopic (exact) mass is 397 g/mol. The van der Waals surface area contributed by atoms with Gasteiger partial charge in [-0.2, -0.15) is 0 Å². The van der Waals surface area contributed by atoms with Gasteiger partial charge in [-0.25, -0.2) is 4.98 Å². The number of carbonyl (C=O) groups excluding carboxylic acids is 1. The number of fused-ring (bicyclic) bond motifs is 1. The van der Waals surface area contributed by atoms with Crippen molar-refractivity contribution in [2.24, 2.45) is 17.8 Å². The molecule has 7 nitrogen and oxygen atoms in total. The molecule has 1 aromatic carbocycles. The first-order chi connectivity index (χ1) is 14.0. The number of likely N-dealkylation sites (tertiary alicyclic amines) is 1. The normalized spacial score (nSPS) is 23.2. The molecule has 1 aliphatic carbocycles. The summed E-state index contributed by atoms with van der Waals surface area (Å²) in [6, 6.07) is 7.38. The zero-order valence-corrected chi connectivity index (χ0v) is 16.5. The number of amides is 1. The van der Waals surface area contributed by atoms with Crippen LogP contribution in [0.5, 0.6) is 0 Å². The number of aliphatic carboxylic acids is 1. The topological polar surface area (TPSA) is 92.5 Å². The van der Waals surface area contributed by atoms with Gasteiger partial charge in [-0.1, -0.05) is 12.1 Å². The second kappa shape index (κ2) is 8.35. The summed E-state index contributed by atoms with van der Waals surface area (Å²) in [4.78, 5) is 42.8. The first kappa shape index (κ1) is 19.6. The van der Waals surface area contributed by atoms with E-state index in [9.17, 15) is 14.4 Å². The number of hydrogen-bond acceptors (Lipinski definition) is 4. The van der Waals surface area contributed by atoms with Gasteiger partial charge in [0.15, 0.2) is 0 Å². The number of hydrogen-bond donors (Lipinski definition) is 1. The average Bonchev–Trinajstić information content (AvgIpc) is 2.76. The number of nitrogens with zero attached hydrogens (tertiary/aromatic N) is 3. The van der Waals surface area contributed by atoms with Crippen molar-refractivity contribution in [2.45, 2.75) is 45.1 Å². The molecule has 2 aromatic rings. The van der Waals surface area contributed by atoms with Crippen LogP contribution in [0.1, 0.15) is 38.5 Å². The fourth-order valence-corrected chi connectivity index (χ4v) is 4.71. The predicted molar refractivity (Wildman–Crippen MR) is 108 cm³/mol. The highest BCUT2D eigenvalue weighted by atomic mass is 16.4. The largest absolute Gasteiger partial charge is 0.481 e. The van der Waals surface area contributed by atoms with Crippen LogP contribution in [0.25, 0.3) is 10.9 Å². The minimum Gasteiger partial charge on any atom is -0.481 e. The third-order valence-corrected chi connectivity index (χ3v) is 6.54. The molecule has 2 fully saturated rings. The van der Waals surface area contributed by atoms with E-state index in [-0.39, 0.29) is 23.3 Å². The van der Waals surface area contributed by atoms with Gasteiger partial charge in [0.2, 0.25) is 5.91 Å². The van der Waals surface area contributed by atoms with Crippen LogP contribution in [0.15, 0.2) is 35.4 Å². The number of aromatic nitrogens is 2. The quantitative estimate of drug-likeness (QED) is 0.856. The van der Waals surface area contributed by atoms with Crippen molar-refractivity contribution in [1.29, 1.82) is 0 Å². The van der Waals surface area contributed by atoms with Crippen LogP contribution in [0.3, 0.4) is 0 Å². The first-order valence-corrected chi connectivity index (χ1v) is 10.5. The van der Waals surface area contributed by atoms with Crippen LogP contribution < -0.4 is 5.56 Å². The Morgan fingerprint density at radius 1 is 1.00 bits per heavy atom. The lowest BCUT2D eigenvalue weighted by molar-refractivity contribution is -0.147. The smallest absolute Gasteiger partial charge is 0.306 e. The van der Waals surface area contributed by atoms with Crippen molar-refractivity contribution in [1.82, 2.24) is 14.5 Å². The van der Waals surface area contributed by atoms with Crippen LogP contribution >= 0.6 is 0 Å². The van der Waals surface area contributed by atoms with Crippen LogP contribution in [-0.4, -0.2) is 44.5 Å². The second-order valence-electron chi connectivity index (χ2n) is 8.37. The molecule has 0 spiro atoms. The summed E-state index contributed by atoms with van der Waals surface area (Å²) in [6.45, 7) is 1.74. The minimum absolute atomic E-state index is 0.00454. The zero-order chi connectivity index (χ0) is 20.4. The summed E-state index contributed by atoms with van der Waals surface area (Å²) < 4.78 is 1.70. The molecule has 1 aromatic heterocycles. The maximum absolute atomic E-state index is 12.8. The van der Waals surface area contributed by atoms with Gasteiger partial charge in [0, 0.05) is 25.6 Å². The highest BCUT2D eigenvalue weighted by molar-refractivity contribution is 5.79. The average molecular weight is 397 g/mol. The molecule has 1 N–H and O–H groups in total. The van der Waals surface area contributed by atoms with Gasteiger partial charge in [0.1, 0.15) is 0 Å². The van der Waals surface area contributed by atoms with Gasteiger partial charge in [-0.3, -0.25) is 19.0 Å². The maximum Gasteiger partial charge on any atom is 0.306 e. The number of carboxylic acids is 1. The third kappa shape index (κ3) is 4.18. The predicted octanol–water partition coefficient (Wildman–Crippen LogP) is 2.53. The van der Waals surface area contributed by atoms with Gasteiger partial charge in [0.25, 0.3) is 5.56 Å². The molecule has 0 bridgehead atoms. The Morgan fingerprint density at radius 2 is 1.69 bits per heavy atom. The molecular weight excluding hydrogens is 370 g/mol. The summed E-state index contributed by atoms with van der Waals surface area (Å²) in [5.74, 6) is -0.493. The summed E-state index contributed by atoms with van der Waals surface area (Å²) in [6.07, 6.45) is 6.23. The van der Waals surface area contributed by atoms with E-state index in [1.807, 2.05) is 29.2 Å². The molecule has 29 heavy (non-hydrogen) atoms. The Morgan fingerprint density at radius 3 is 2.38 bits per heavy atom. The number of carboxylic acid groups (broad SMARTS) is 1. The molecule has 0 unspecified atom stereocenters. The number of benzene rings is 1. The van der Waals surface area contributed by atoms with Crippen molar-refractivity contribution in [3.63, 3.8) is 0 Å². The van der Waals surface area contributed by atoms with Gasteiger partial charge in [-0.05, 0) is 56.6 Å². The lowest BCUT2D eigenvalue weighted by Gasteiger charge is -2.35. The van der Waals surface area contributed by atoms with E-state index in [0.717, 1.165) is 31.2 Å². The number of rotatable bonds is 4. The first-order valence-electron chi connectivity index (χ1n) is 10.5. The highest BCUT2D eigenvalue weighted by Crippen LogP contribution is 2.32. The number of piperidine rings is 1. The Labute approximate surface area is 169 Å². The summed E-state index contributed by atoms with van der Waals surface area (Å²) in [7, 11) is 0. The van der Waals surface area contributed by atoms with E-state index in [0.29, 0.717) is 43.8 Å². The van der Waals surface area contributed by atoms with Gasteiger partial charge >= 0.3 is 5.97 Å². The van der Waals surface area contributed by atoms with E-state index in [1.54, 1.807) is 10.9 Å². The zero-order valence-electron chi connectivity index (χ0n) is 16.5. The summed E-state index contributed by atoms with van der Waals surface area (Å²) >= 11 is 0. The van der Waals surface area contributed by atoms with Gasteiger partial charge in [-0.15, -0.1) is 0 Å². The van der Waals surface area contributed by atoms with E-state index in [2.05, 4.69) is 4.98 Å². The van der Waals surface area contributed by atoms with Crippen LogP contribution in [0, 0.1) is 17.8 Å². The van der Waals surface area contributed by atoms with E-state index < -0.39 is 5.97 Å². The Kier molecular flexibility index (Phi) is 5.65. The van der Waals surface area contributed by atoms with Crippen molar-refractivity contribution in [3.05, 3.63) is 40.9 Å². The molecule has 1 saturated carbocycles. The van der Waals surface area contributed by atoms with Gasteiger partial charge < -0.3 is 10.0 Å². The SMILES string of the molecule is O=C(O)C1CCN(C(=O)C2CCC(Cn3cnc4ccccc4c3=O)CC2)CC1. The van der Waals surface area contributed by atoms with Crippen LogP contribution in [0.4, 0.5) is 0 Å². The molecule has 1 aliphatic heterocycles. The fraction of sp³-hybridized carbons (Fsp3) is 0.545. The standard InChI is InChI=1S/C22H27N3O4/c26-20(24-11-9-17(10-12-24)22(28)29)16-7-5-15(6-8-16)13-25-14-23-19-4-2-1-3-18(19)21(25)27/h1-4,14-17H,5-13H2,(H,28,29). The molecular formula is C22H27N3O4. The van der Waals surface area contributed by atoms with Crippen molar-refractivity contribution >= 4 is 22.8 Å². The van der Waals surface area contributed by atoms with Crippen molar-refractivity contribution < 1.29 is 14.7 Å². The molecule has 1 amide bonds. The van der Waals surface area contributed by atoms with E-state index >= 15 is 0 Å². The summed E-state index contributed by atoms with van der Waals surface area (Å²) in [5, 5.41) is 9.75. The number of para-hydroxylation sites is 1. The van der Waals surface area contributed by atoms with Crippen molar-refractivity contribution in [2.75, 3.05) is 13.1 Å². The third-order valence-electron chi connectivity index (χ3n) is 6.54. The maximum atomic E-state index is 12.8. The Hall–Kier alpha value is -2.70. The van der Waals surface area contributed by atoms with Crippen molar-refractivity contribution in [3.8, 4) is 0 Å². The second-order valence-corrected chi connectivity index (χ2v) is 8.37.